The zero-order valence-corrected chi connectivity index (χ0v) is 11.9. The summed E-state index contributed by atoms with van der Waals surface area (Å²) in [5, 5.41) is 7.72. The Morgan fingerprint density at radius 3 is 2.65 bits per heavy atom. The number of halogens is 2. The van der Waals surface area contributed by atoms with Crippen LogP contribution in [0.5, 0.6) is 0 Å². The van der Waals surface area contributed by atoms with Crippen LogP contribution in [0.3, 0.4) is 0 Å². The number of aromatic amines is 1. The molecule has 0 saturated heterocycles. The summed E-state index contributed by atoms with van der Waals surface area (Å²) in [5.74, 6) is 0.854. The SMILES string of the molecule is CC(C)c1c(N)n[nH]c1-c1cc(Cl)cc(Br)c1. The first-order chi connectivity index (χ1) is 7.99. The largest absolute Gasteiger partial charge is 0.382 e. The van der Waals surface area contributed by atoms with Crippen molar-refractivity contribution in [3.63, 3.8) is 0 Å². The van der Waals surface area contributed by atoms with Gasteiger partial charge in [-0.2, -0.15) is 5.10 Å². The van der Waals surface area contributed by atoms with Gasteiger partial charge in [-0.05, 0) is 24.1 Å². The first-order valence-electron chi connectivity index (χ1n) is 5.29. The zero-order valence-electron chi connectivity index (χ0n) is 9.59. The van der Waals surface area contributed by atoms with E-state index in [0.717, 1.165) is 21.3 Å². The van der Waals surface area contributed by atoms with E-state index in [1.165, 1.54) is 0 Å². The summed E-state index contributed by atoms with van der Waals surface area (Å²) in [6.45, 7) is 4.18. The summed E-state index contributed by atoms with van der Waals surface area (Å²) in [6, 6.07) is 5.73. The van der Waals surface area contributed by atoms with Crippen molar-refractivity contribution in [2.45, 2.75) is 19.8 Å². The van der Waals surface area contributed by atoms with Gasteiger partial charge >= 0.3 is 0 Å². The maximum atomic E-state index is 6.04. The van der Waals surface area contributed by atoms with Crippen molar-refractivity contribution in [1.29, 1.82) is 0 Å². The molecule has 17 heavy (non-hydrogen) atoms. The standard InChI is InChI=1S/C12H13BrClN3/c1-6(2)10-11(16-17-12(10)15)7-3-8(13)5-9(14)4-7/h3-6H,1-2H3,(H3,15,16,17). The molecule has 0 amide bonds. The van der Waals surface area contributed by atoms with Crippen LogP contribution in [0.15, 0.2) is 22.7 Å². The number of anilines is 1. The lowest BCUT2D eigenvalue weighted by molar-refractivity contribution is 0.873. The second-order valence-electron chi connectivity index (χ2n) is 4.21. The molecular formula is C12H13BrClN3. The third-order valence-corrected chi connectivity index (χ3v) is 3.24. The lowest BCUT2D eigenvalue weighted by Gasteiger charge is -2.08. The summed E-state index contributed by atoms with van der Waals surface area (Å²) in [6.07, 6.45) is 0. The minimum Gasteiger partial charge on any atom is -0.382 e. The molecule has 0 spiro atoms. The highest BCUT2D eigenvalue weighted by Gasteiger charge is 2.16. The number of hydrogen-bond acceptors (Lipinski definition) is 2. The molecule has 0 saturated carbocycles. The fourth-order valence-corrected chi connectivity index (χ4v) is 2.73. The molecule has 1 aromatic heterocycles. The minimum absolute atomic E-state index is 0.307. The maximum absolute atomic E-state index is 6.04. The third-order valence-electron chi connectivity index (χ3n) is 2.56. The number of nitrogens with one attached hydrogen (secondary N) is 1. The molecule has 0 atom stereocenters. The maximum Gasteiger partial charge on any atom is 0.149 e. The summed E-state index contributed by atoms with van der Waals surface area (Å²) in [4.78, 5) is 0. The predicted octanol–water partition coefficient (Wildman–Crippen LogP) is 4.20. The van der Waals surface area contributed by atoms with Gasteiger partial charge in [-0.3, -0.25) is 5.10 Å². The highest BCUT2D eigenvalue weighted by atomic mass is 79.9. The Labute approximate surface area is 113 Å². The van der Waals surface area contributed by atoms with Crippen LogP contribution in [-0.4, -0.2) is 10.2 Å². The summed E-state index contributed by atoms with van der Waals surface area (Å²) >= 11 is 9.47. The lowest BCUT2D eigenvalue weighted by atomic mass is 9.99. The zero-order chi connectivity index (χ0) is 12.6. The van der Waals surface area contributed by atoms with Crippen LogP contribution >= 0.6 is 27.5 Å². The minimum atomic E-state index is 0.307. The van der Waals surface area contributed by atoms with Crippen molar-refractivity contribution in [2.75, 3.05) is 5.73 Å². The van der Waals surface area contributed by atoms with E-state index in [9.17, 15) is 0 Å². The quantitative estimate of drug-likeness (QED) is 0.873. The fraction of sp³-hybridized carbons (Fsp3) is 0.250. The molecule has 1 aromatic carbocycles. The number of H-pyrrole nitrogens is 1. The molecule has 0 bridgehead atoms. The van der Waals surface area contributed by atoms with Crippen LogP contribution in [0.4, 0.5) is 5.82 Å². The smallest absolute Gasteiger partial charge is 0.149 e. The van der Waals surface area contributed by atoms with Crippen LogP contribution in [0.1, 0.15) is 25.3 Å². The molecular weight excluding hydrogens is 302 g/mol. The Hall–Kier alpha value is -1.000. The van der Waals surface area contributed by atoms with Gasteiger partial charge in [0.15, 0.2) is 0 Å². The number of aromatic nitrogens is 2. The van der Waals surface area contributed by atoms with Gasteiger partial charge in [0.1, 0.15) is 5.82 Å². The van der Waals surface area contributed by atoms with Gasteiger partial charge in [0, 0.05) is 20.6 Å². The summed E-state index contributed by atoms with van der Waals surface area (Å²) in [5.41, 5.74) is 8.81. The first-order valence-corrected chi connectivity index (χ1v) is 6.46. The normalized spacial score (nSPS) is 11.1. The van der Waals surface area contributed by atoms with Gasteiger partial charge in [0.2, 0.25) is 0 Å². The van der Waals surface area contributed by atoms with E-state index in [0.29, 0.717) is 16.8 Å². The van der Waals surface area contributed by atoms with E-state index in [-0.39, 0.29) is 0 Å². The average molecular weight is 315 g/mol. The molecule has 0 radical (unpaired) electrons. The van der Waals surface area contributed by atoms with Crippen molar-refractivity contribution >= 4 is 33.3 Å². The number of nitrogen functional groups attached to an aromatic ring is 1. The van der Waals surface area contributed by atoms with Gasteiger partial charge in [0.25, 0.3) is 0 Å². The monoisotopic (exact) mass is 313 g/mol. The molecule has 0 aliphatic carbocycles. The molecule has 3 N–H and O–H groups in total. The van der Waals surface area contributed by atoms with Gasteiger partial charge in [0.05, 0.1) is 5.69 Å². The van der Waals surface area contributed by atoms with Crippen LogP contribution in [-0.2, 0) is 0 Å². The van der Waals surface area contributed by atoms with Crippen molar-refractivity contribution in [3.05, 3.63) is 33.3 Å². The molecule has 0 aliphatic rings. The van der Waals surface area contributed by atoms with E-state index in [4.69, 9.17) is 17.3 Å². The van der Waals surface area contributed by atoms with E-state index in [2.05, 4.69) is 40.0 Å². The van der Waals surface area contributed by atoms with Crippen LogP contribution in [0.2, 0.25) is 5.02 Å². The van der Waals surface area contributed by atoms with Crippen molar-refractivity contribution in [2.24, 2.45) is 0 Å². The van der Waals surface area contributed by atoms with Crippen LogP contribution in [0.25, 0.3) is 11.3 Å². The molecule has 0 aliphatic heterocycles. The summed E-state index contributed by atoms with van der Waals surface area (Å²) < 4.78 is 0.933. The molecule has 2 rings (SSSR count). The molecule has 90 valence electrons. The van der Waals surface area contributed by atoms with E-state index >= 15 is 0 Å². The van der Waals surface area contributed by atoms with Gasteiger partial charge in [-0.15, -0.1) is 0 Å². The number of nitrogens with two attached hydrogens (primary N) is 1. The van der Waals surface area contributed by atoms with E-state index in [1.807, 2.05) is 18.2 Å². The Balaban J connectivity index is 2.60. The van der Waals surface area contributed by atoms with E-state index < -0.39 is 0 Å². The first kappa shape index (κ1) is 12.5. The van der Waals surface area contributed by atoms with Crippen molar-refractivity contribution in [1.82, 2.24) is 10.2 Å². The van der Waals surface area contributed by atoms with Crippen molar-refractivity contribution < 1.29 is 0 Å². The van der Waals surface area contributed by atoms with Crippen LogP contribution < -0.4 is 5.73 Å². The van der Waals surface area contributed by atoms with Crippen LogP contribution in [0, 0.1) is 0 Å². The van der Waals surface area contributed by atoms with E-state index in [1.54, 1.807) is 0 Å². The topological polar surface area (TPSA) is 54.7 Å². The van der Waals surface area contributed by atoms with Gasteiger partial charge in [-0.25, -0.2) is 0 Å². The van der Waals surface area contributed by atoms with Gasteiger partial charge < -0.3 is 5.73 Å². The second kappa shape index (κ2) is 4.70. The predicted molar refractivity (Wildman–Crippen MR) is 75.2 cm³/mol. The Kier molecular flexibility index (Phi) is 3.45. The number of nitrogens with zero attached hydrogens (tertiary/aromatic N) is 1. The highest BCUT2D eigenvalue weighted by molar-refractivity contribution is 9.10. The van der Waals surface area contributed by atoms with Crippen molar-refractivity contribution in [3.8, 4) is 11.3 Å². The number of rotatable bonds is 2. The number of benzene rings is 1. The molecule has 1 heterocycles. The second-order valence-corrected chi connectivity index (χ2v) is 5.56. The average Bonchev–Trinajstić information content (AvgIpc) is 2.58. The Bertz CT molecular complexity index is 528. The number of hydrogen-bond donors (Lipinski definition) is 2. The molecule has 5 heteroatoms. The third kappa shape index (κ3) is 2.48. The Morgan fingerprint density at radius 1 is 1.35 bits per heavy atom. The molecule has 0 unspecified atom stereocenters. The molecule has 2 aromatic rings. The highest BCUT2D eigenvalue weighted by Crippen LogP contribution is 2.34. The lowest BCUT2D eigenvalue weighted by Crippen LogP contribution is -1.95. The molecule has 0 fully saturated rings. The summed E-state index contributed by atoms with van der Waals surface area (Å²) in [7, 11) is 0. The molecule has 3 nitrogen and oxygen atoms in total. The Morgan fingerprint density at radius 2 is 2.06 bits per heavy atom. The fourth-order valence-electron chi connectivity index (χ4n) is 1.87. The van der Waals surface area contributed by atoms with Gasteiger partial charge in [-0.1, -0.05) is 41.4 Å².